The van der Waals surface area contributed by atoms with Crippen LogP contribution in [0.4, 0.5) is 18.9 Å². The van der Waals surface area contributed by atoms with Gasteiger partial charge in [-0.1, -0.05) is 36.4 Å². The molecule has 4 rings (SSSR count). The van der Waals surface area contributed by atoms with Crippen LogP contribution in [0.5, 0.6) is 0 Å². The predicted molar refractivity (Wildman–Crippen MR) is 104 cm³/mol. The summed E-state index contributed by atoms with van der Waals surface area (Å²) in [5, 5.41) is 9.35. The Labute approximate surface area is 165 Å². The maximum atomic E-state index is 13.3. The highest BCUT2D eigenvalue weighted by Crippen LogP contribution is 2.44. The summed E-state index contributed by atoms with van der Waals surface area (Å²) in [5.41, 5.74) is 9.96. The molecule has 1 aliphatic carbocycles. The number of nitrogen functional groups attached to an aromatic ring is 1. The molecule has 150 valence electrons. The Balaban J connectivity index is 1.95. The number of halogens is 3. The van der Waals surface area contributed by atoms with E-state index >= 15 is 0 Å². The average Bonchev–Trinajstić information content (AvgIpc) is 3.00. The first-order valence-electron chi connectivity index (χ1n) is 9.25. The van der Waals surface area contributed by atoms with Gasteiger partial charge in [-0.3, -0.25) is 0 Å². The first kappa shape index (κ1) is 19.1. The third kappa shape index (κ3) is 3.37. The number of hydrogen-bond donors (Lipinski definition) is 2. The van der Waals surface area contributed by atoms with Crippen LogP contribution in [-0.4, -0.2) is 21.8 Å². The minimum Gasteiger partial charge on any atom is -0.478 e. The minimum absolute atomic E-state index is 0.0210. The summed E-state index contributed by atoms with van der Waals surface area (Å²) in [7, 11) is 0. The van der Waals surface area contributed by atoms with E-state index in [0.717, 1.165) is 5.56 Å². The number of carbonyl (C=O) groups is 1. The van der Waals surface area contributed by atoms with E-state index in [0.29, 0.717) is 28.3 Å². The summed E-state index contributed by atoms with van der Waals surface area (Å²) in [5.74, 6) is -2.50. The highest BCUT2D eigenvalue weighted by molar-refractivity contribution is 5.89. The molecule has 1 atom stereocenters. The van der Waals surface area contributed by atoms with Crippen LogP contribution in [0, 0.1) is 5.92 Å². The lowest BCUT2D eigenvalue weighted by molar-refractivity contribution is -0.177. The van der Waals surface area contributed by atoms with Crippen molar-refractivity contribution >= 4 is 11.7 Å². The van der Waals surface area contributed by atoms with Gasteiger partial charge in [0.15, 0.2) is 0 Å². The van der Waals surface area contributed by atoms with Crippen molar-refractivity contribution in [3.63, 3.8) is 0 Å². The summed E-state index contributed by atoms with van der Waals surface area (Å²) in [6.07, 6.45) is -4.25. The van der Waals surface area contributed by atoms with Crippen LogP contribution in [0.2, 0.25) is 0 Å². The number of benzene rings is 2. The molecule has 0 radical (unpaired) electrons. The van der Waals surface area contributed by atoms with Gasteiger partial charge in [-0.25, -0.2) is 4.79 Å². The molecule has 0 amide bonds. The molecular formula is C22H19F3N2O2. The van der Waals surface area contributed by atoms with E-state index in [-0.39, 0.29) is 24.8 Å². The second kappa shape index (κ2) is 6.99. The lowest BCUT2D eigenvalue weighted by atomic mass is 9.86. The van der Waals surface area contributed by atoms with Crippen molar-refractivity contribution in [3.05, 3.63) is 71.4 Å². The number of fused-ring (bicyclic) bond motifs is 1. The quantitative estimate of drug-likeness (QED) is 0.643. The highest BCUT2D eigenvalue weighted by Gasteiger charge is 2.43. The molecule has 7 heteroatoms. The number of aromatic nitrogens is 1. The summed E-state index contributed by atoms with van der Waals surface area (Å²) in [4.78, 5) is 11.4. The molecule has 0 aliphatic heterocycles. The van der Waals surface area contributed by atoms with E-state index in [9.17, 15) is 23.1 Å². The van der Waals surface area contributed by atoms with E-state index in [2.05, 4.69) is 0 Å². The summed E-state index contributed by atoms with van der Waals surface area (Å²) < 4.78 is 41.9. The third-order valence-electron chi connectivity index (χ3n) is 5.46. The van der Waals surface area contributed by atoms with Crippen LogP contribution in [0.1, 0.15) is 28.0 Å². The Morgan fingerprint density at radius 1 is 1.10 bits per heavy atom. The van der Waals surface area contributed by atoms with E-state index in [1.807, 2.05) is 34.9 Å². The SMILES string of the molecule is Nc1c2c(n(-c3cccc(C(=O)O)c3)c1-c1ccccc1)CCC(C(F)(F)F)C2. The van der Waals surface area contributed by atoms with Crippen LogP contribution in [-0.2, 0) is 12.8 Å². The van der Waals surface area contributed by atoms with Crippen LogP contribution in [0.3, 0.4) is 0 Å². The van der Waals surface area contributed by atoms with Gasteiger partial charge in [-0.05, 0) is 43.0 Å². The Morgan fingerprint density at radius 2 is 1.83 bits per heavy atom. The number of aromatic carboxylic acids is 1. The normalized spacial score (nSPS) is 16.4. The standard InChI is InChI=1S/C22H19F3N2O2/c23-22(24,25)15-9-10-18-17(12-15)19(26)20(13-5-2-1-3-6-13)27(18)16-8-4-7-14(11-16)21(28)29/h1-8,11,15H,9-10,12,26H2,(H,28,29). The van der Waals surface area contributed by atoms with Crippen molar-refractivity contribution in [3.8, 4) is 16.9 Å². The number of anilines is 1. The number of nitrogens with zero attached hydrogens (tertiary/aromatic N) is 1. The number of nitrogens with two attached hydrogens (primary N) is 1. The minimum atomic E-state index is -4.28. The average molecular weight is 400 g/mol. The van der Waals surface area contributed by atoms with Crippen molar-refractivity contribution in [2.45, 2.75) is 25.4 Å². The lowest BCUT2D eigenvalue weighted by Crippen LogP contribution is -2.29. The Kier molecular flexibility index (Phi) is 4.61. The topological polar surface area (TPSA) is 68.2 Å². The molecule has 0 fully saturated rings. The molecule has 0 spiro atoms. The zero-order chi connectivity index (χ0) is 20.8. The van der Waals surface area contributed by atoms with Gasteiger partial charge < -0.3 is 15.4 Å². The van der Waals surface area contributed by atoms with Crippen LogP contribution >= 0.6 is 0 Å². The Bertz CT molecular complexity index is 1070. The van der Waals surface area contributed by atoms with Crippen LogP contribution in [0.25, 0.3) is 16.9 Å². The Morgan fingerprint density at radius 3 is 2.48 bits per heavy atom. The van der Waals surface area contributed by atoms with Crippen molar-refractivity contribution in [1.29, 1.82) is 0 Å². The molecule has 0 bridgehead atoms. The number of rotatable bonds is 3. The number of alkyl halides is 3. The van der Waals surface area contributed by atoms with Crippen LogP contribution < -0.4 is 5.73 Å². The largest absolute Gasteiger partial charge is 0.478 e. The van der Waals surface area contributed by atoms with Gasteiger partial charge in [0.25, 0.3) is 0 Å². The lowest BCUT2D eigenvalue weighted by Gasteiger charge is -2.26. The fourth-order valence-corrected chi connectivity index (χ4v) is 4.06. The summed E-state index contributed by atoms with van der Waals surface area (Å²) in [6.45, 7) is 0. The molecule has 1 aromatic heterocycles. The molecule has 0 saturated carbocycles. The maximum absolute atomic E-state index is 13.3. The van der Waals surface area contributed by atoms with Gasteiger partial charge >= 0.3 is 12.1 Å². The van der Waals surface area contributed by atoms with E-state index < -0.39 is 18.1 Å². The Hall–Kier alpha value is -3.22. The number of hydrogen-bond acceptors (Lipinski definition) is 2. The zero-order valence-corrected chi connectivity index (χ0v) is 15.4. The van der Waals surface area contributed by atoms with Gasteiger partial charge in [0.05, 0.1) is 22.9 Å². The molecule has 3 N–H and O–H groups in total. The zero-order valence-electron chi connectivity index (χ0n) is 15.4. The first-order valence-corrected chi connectivity index (χ1v) is 9.25. The highest BCUT2D eigenvalue weighted by atomic mass is 19.4. The molecule has 0 saturated heterocycles. The van der Waals surface area contributed by atoms with Gasteiger partial charge in [0.1, 0.15) is 0 Å². The van der Waals surface area contributed by atoms with E-state index in [1.54, 1.807) is 12.1 Å². The molecule has 1 unspecified atom stereocenters. The van der Waals surface area contributed by atoms with Crippen molar-refractivity contribution in [2.75, 3.05) is 5.73 Å². The van der Waals surface area contributed by atoms with E-state index in [4.69, 9.17) is 5.73 Å². The number of carboxylic acid groups (broad SMARTS) is 1. The molecular weight excluding hydrogens is 381 g/mol. The van der Waals surface area contributed by atoms with Crippen molar-refractivity contribution < 1.29 is 23.1 Å². The van der Waals surface area contributed by atoms with Gasteiger partial charge in [0.2, 0.25) is 0 Å². The van der Waals surface area contributed by atoms with Crippen molar-refractivity contribution in [1.82, 2.24) is 4.57 Å². The second-order valence-electron chi connectivity index (χ2n) is 7.23. The molecule has 2 aromatic carbocycles. The second-order valence-corrected chi connectivity index (χ2v) is 7.23. The first-order chi connectivity index (χ1) is 13.8. The molecule has 1 aliphatic rings. The molecule has 29 heavy (non-hydrogen) atoms. The van der Waals surface area contributed by atoms with Crippen molar-refractivity contribution in [2.24, 2.45) is 5.92 Å². The summed E-state index contributed by atoms with van der Waals surface area (Å²) in [6, 6.07) is 15.6. The van der Waals surface area contributed by atoms with Gasteiger partial charge in [-0.2, -0.15) is 13.2 Å². The predicted octanol–water partition coefficient (Wildman–Crippen LogP) is 5.09. The molecule has 4 nitrogen and oxygen atoms in total. The third-order valence-corrected chi connectivity index (χ3v) is 5.46. The fourth-order valence-electron chi connectivity index (χ4n) is 4.06. The van der Waals surface area contributed by atoms with Gasteiger partial charge in [-0.15, -0.1) is 0 Å². The monoisotopic (exact) mass is 400 g/mol. The fraction of sp³-hybridized carbons (Fsp3) is 0.227. The molecule has 1 heterocycles. The number of carboxylic acids is 1. The van der Waals surface area contributed by atoms with Crippen LogP contribution in [0.15, 0.2) is 54.6 Å². The molecule has 3 aromatic rings. The van der Waals surface area contributed by atoms with Gasteiger partial charge in [0, 0.05) is 16.9 Å². The summed E-state index contributed by atoms with van der Waals surface area (Å²) >= 11 is 0. The smallest absolute Gasteiger partial charge is 0.392 e. The maximum Gasteiger partial charge on any atom is 0.392 e. The van der Waals surface area contributed by atoms with E-state index in [1.165, 1.54) is 12.1 Å².